The second-order valence-corrected chi connectivity index (χ2v) is 7.78. The highest BCUT2D eigenvalue weighted by atomic mass is 16.5. The standard InChI is InChI=1S/C23H26N4O2/c1-17(19-5-3-2-4-6-19)29-12-11-23(28)26-15-20-8-9-21(16-26)27(20)22-10-7-18(13-24)14-25-22/h2-7,10,14,17,20-21H,8-9,11-12,15-16H2,1H3/t17-,20+,21?/m1/s1. The highest BCUT2D eigenvalue weighted by molar-refractivity contribution is 5.77. The first-order valence-electron chi connectivity index (χ1n) is 10.2. The molecule has 6 nitrogen and oxygen atoms in total. The van der Waals surface area contributed by atoms with E-state index in [2.05, 4.69) is 16.0 Å². The number of amides is 1. The van der Waals surface area contributed by atoms with Crippen molar-refractivity contribution < 1.29 is 9.53 Å². The molecule has 1 unspecified atom stereocenters. The molecule has 29 heavy (non-hydrogen) atoms. The van der Waals surface area contributed by atoms with E-state index in [0.29, 0.717) is 30.7 Å². The summed E-state index contributed by atoms with van der Waals surface area (Å²) in [6, 6.07) is 16.5. The minimum atomic E-state index is -0.0144. The summed E-state index contributed by atoms with van der Waals surface area (Å²) < 4.78 is 5.88. The van der Waals surface area contributed by atoms with Gasteiger partial charge in [-0.3, -0.25) is 4.79 Å². The van der Waals surface area contributed by atoms with Gasteiger partial charge in [0.25, 0.3) is 0 Å². The smallest absolute Gasteiger partial charge is 0.225 e. The number of aromatic nitrogens is 1. The number of rotatable bonds is 6. The molecule has 1 aromatic heterocycles. The molecule has 3 heterocycles. The average Bonchev–Trinajstić information content (AvgIpc) is 3.03. The van der Waals surface area contributed by atoms with Crippen LogP contribution in [0.5, 0.6) is 0 Å². The number of ether oxygens (including phenoxy) is 1. The molecule has 2 aliphatic heterocycles. The van der Waals surface area contributed by atoms with Crippen LogP contribution in [0.15, 0.2) is 48.7 Å². The van der Waals surface area contributed by atoms with Gasteiger partial charge in [-0.1, -0.05) is 30.3 Å². The second kappa shape index (κ2) is 8.62. The third-order valence-corrected chi connectivity index (χ3v) is 5.93. The van der Waals surface area contributed by atoms with E-state index in [1.54, 1.807) is 6.20 Å². The number of carbonyl (C=O) groups excluding carboxylic acids is 1. The van der Waals surface area contributed by atoms with E-state index in [1.807, 2.05) is 54.3 Å². The number of nitriles is 1. The molecule has 2 bridgehead atoms. The number of pyridine rings is 1. The third kappa shape index (κ3) is 4.25. The quantitative estimate of drug-likeness (QED) is 0.757. The molecule has 0 saturated carbocycles. The lowest BCUT2D eigenvalue weighted by Crippen LogP contribution is -2.55. The summed E-state index contributed by atoms with van der Waals surface area (Å²) in [6.45, 7) is 3.90. The Balaban J connectivity index is 1.30. The number of anilines is 1. The fourth-order valence-electron chi connectivity index (χ4n) is 4.39. The number of likely N-dealkylation sites (tertiary alicyclic amines) is 1. The lowest BCUT2D eigenvalue weighted by atomic mass is 10.1. The second-order valence-electron chi connectivity index (χ2n) is 7.78. The SMILES string of the molecule is C[C@@H](OCCC(=O)N1CC2CC[C@@H](C1)N2c1ccc(C#N)cn1)c1ccccc1. The van der Waals surface area contributed by atoms with Gasteiger partial charge in [0.2, 0.25) is 5.91 Å². The molecule has 0 aliphatic carbocycles. The predicted molar refractivity (Wildman–Crippen MR) is 110 cm³/mol. The van der Waals surface area contributed by atoms with Gasteiger partial charge in [0.15, 0.2) is 0 Å². The van der Waals surface area contributed by atoms with E-state index in [-0.39, 0.29) is 12.0 Å². The Bertz CT molecular complexity index is 864. The lowest BCUT2D eigenvalue weighted by Gasteiger charge is -2.41. The molecule has 2 aromatic rings. The Morgan fingerprint density at radius 3 is 2.55 bits per heavy atom. The van der Waals surface area contributed by atoms with E-state index in [9.17, 15) is 4.79 Å². The fourth-order valence-corrected chi connectivity index (χ4v) is 4.39. The molecular weight excluding hydrogens is 364 g/mol. The topological polar surface area (TPSA) is 69.5 Å². The largest absolute Gasteiger partial charge is 0.373 e. The number of hydrogen-bond donors (Lipinski definition) is 0. The van der Waals surface area contributed by atoms with Crippen LogP contribution in [0.3, 0.4) is 0 Å². The van der Waals surface area contributed by atoms with Gasteiger partial charge in [-0.25, -0.2) is 4.98 Å². The van der Waals surface area contributed by atoms with Gasteiger partial charge >= 0.3 is 0 Å². The Hall–Kier alpha value is -2.91. The van der Waals surface area contributed by atoms with Crippen molar-refractivity contribution >= 4 is 11.7 Å². The van der Waals surface area contributed by atoms with Crippen molar-refractivity contribution in [1.29, 1.82) is 5.26 Å². The highest BCUT2D eigenvalue weighted by Gasteiger charge is 2.41. The minimum Gasteiger partial charge on any atom is -0.373 e. The van der Waals surface area contributed by atoms with E-state index >= 15 is 0 Å². The maximum absolute atomic E-state index is 12.7. The molecule has 2 fully saturated rings. The van der Waals surface area contributed by atoms with Crippen molar-refractivity contribution in [2.24, 2.45) is 0 Å². The summed E-state index contributed by atoms with van der Waals surface area (Å²) in [5, 5.41) is 8.96. The minimum absolute atomic E-state index is 0.0144. The molecule has 1 aromatic carbocycles. The molecule has 4 rings (SSSR count). The summed E-state index contributed by atoms with van der Waals surface area (Å²) >= 11 is 0. The van der Waals surface area contributed by atoms with Gasteiger partial charge < -0.3 is 14.5 Å². The molecule has 6 heteroatoms. The highest BCUT2D eigenvalue weighted by Crippen LogP contribution is 2.34. The molecule has 0 radical (unpaired) electrons. The number of carbonyl (C=O) groups is 1. The molecule has 2 aliphatic rings. The molecule has 3 atom stereocenters. The van der Waals surface area contributed by atoms with Gasteiger partial charge in [-0.2, -0.15) is 5.26 Å². The number of fused-ring (bicyclic) bond motifs is 2. The summed E-state index contributed by atoms with van der Waals surface area (Å²) in [5.41, 5.74) is 1.70. The van der Waals surface area contributed by atoms with Crippen LogP contribution in [0.4, 0.5) is 5.82 Å². The molecule has 1 amide bonds. The van der Waals surface area contributed by atoms with Crippen molar-refractivity contribution in [1.82, 2.24) is 9.88 Å². The van der Waals surface area contributed by atoms with Crippen LogP contribution < -0.4 is 4.90 Å². The zero-order chi connectivity index (χ0) is 20.2. The van der Waals surface area contributed by atoms with Gasteiger partial charge in [-0.15, -0.1) is 0 Å². The molecule has 150 valence electrons. The summed E-state index contributed by atoms with van der Waals surface area (Å²) in [5.74, 6) is 1.07. The molecule has 0 spiro atoms. The Morgan fingerprint density at radius 2 is 1.93 bits per heavy atom. The number of piperazine rings is 1. The van der Waals surface area contributed by atoms with Crippen LogP contribution >= 0.6 is 0 Å². The van der Waals surface area contributed by atoms with Crippen LogP contribution in [0.1, 0.15) is 43.4 Å². The maximum Gasteiger partial charge on any atom is 0.225 e. The Labute approximate surface area is 171 Å². The summed E-state index contributed by atoms with van der Waals surface area (Å²) in [4.78, 5) is 21.5. The van der Waals surface area contributed by atoms with Crippen molar-refractivity contribution in [3.63, 3.8) is 0 Å². The van der Waals surface area contributed by atoms with Crippen LogP contribution in [-0.4, -0.2) is 47.6 Å². The first kappa shape index (κ1) is 19.4. The van der Waals surface area contributed by atoms with Crippen LogP contribution in [0.2, 0.25) is 0 Å². The van der Waals surface area contributed by atoms with Gasteiger partial charge in [0.1, 0.15) is 11.9 Å². The van der Waals surface area contributed by atoms with E-state index in [0.717, 1.165) is 37.3 Å². The normalized spacial score (nSPS) is 21.7. The molecule has 2 saturated heterocycles. The monoisotopic (exact) mass is 390 g/mol. The van der Waals surface area contributed by atoms with E-state index < -0.39 is 0 Å². The zero-order valence-corrected chi connectivity index (χ0v) is 16.7. The van der Waals surface area contributed by atoms with Crippen molar-refractivity contribution in [3.05, 3.63) is 59.8 Å². The van der Waals surface area contributed by atoms with E-state index in [4.69, 9.17) is 10.00 Å². The Morgan fingerprint density at radius 1 is 1.21 bits per heavy atom. The first-order chi connectivity index (χ1) is 14.2. The zero-order valence-electron chi connectivity index (χ0n) is 16.7. The number of nitrogens with zero attached hydrogens (tertiary/aromatic N) is 4. The first-order valence-corrected chi connectivity index (χ1v) is 10.2. The van der Waals surface area contributed by atoms with Crippen molar-refractivity contribution in [2.45, 2.75) is 44.4 Å². The van der Waals surface area contributed by atoms with Gasteiger partial charge in [-0.05, 0) is 37.5 Å². The predicted octanol–water partition coefficient (Wildman–Crippen LogP) is 3.30. The lowest BCUT2D eigenvalue weighted by molar-refractivity contribution is -0.133. The van der Waals surface area contributed by atoms with Crippen molar-refractivity contribution in [2.75, 3.05) is 24.6 Å². The Kier molecular flexibility index (Phi) is 5.77. The summed E-state index contributed by atoms with van der Waals surface area (Å²) in [6.07, 6.45) is 4.15. The van der Waals surface area contributed by atoms with Crippen molar-refractivity contribution in [3.8, 4) is 6.07 Å². The van der Waals surface area contributed by atoms with Gasteiger partial charge in [0.05, 0.1) is 24.7 Å². The fraction of sp³-hybridized carbons (Fsp3) is 0.435. The van der Waals surface area contributed by atoms with Crippen LogP contribution in [0.25, 0.3) is 0 Å². The van der Waals surface area contributed by atoms with Gasteiger partial charge in [0, 0.05) is 31.4 Å². The molecule has 0 N–H and O–H groups in total. The molecular formula is C23H26N4O2. The third-order valence-electron chi connectivity index (χ3n) is 5.93. The van der Waals surface area contributed by atoms with E-state index in [1.165, 1.54) is 0 Å². The number of hydrogen-bond acceptors (Lipinski definition) is 5. The number of benzene rings is 1. The van der Waals surface area contributed by atoms with Crippen LogP contribution in [0, 0.1) is 11.3 Å². The summed E-state index contributed by atoms with van der Waals surface area (Å²) in [7, 11) is 0. The maximum atomic E-state index is 12.7. The van der Waals surface area contributed by atoms with Crippen LogP contribution in [-0.2, 0) is 9.53 Å². The average molecular weight is 390 g/mol.